The fraction of sp³-hybridized carbons (Fsp3) is 0.200. The van der Waals surface area contributed by atoms with Gasteiger partial charge >= 0.3 is 0 Å². The van der Waals surface area contributed by atoms with Gasteiger partial charge in [-0.1, -0.05) is 127 Å². The molecular formula is C30H30BrP. The van der Waals surface area contributed by atoms with E-state index in [-0.39, 0.29) is 0 Å². The SMILES string of the molecule is CCC(CC(C)c1ccc(P(c2ccccc2)c2ccccc2)cc1)c1ccc(Br)cc1. The van der Waals surface area contributed by atoms with E-state index in [1.54, 1.807) is 0 Å². The average Bonchev–Trinajstić information content (AvgIpc) is 2.85. The lowest BCUT2D eigenvalue weighted by molar-refractivity contribution is 0.544. The summed E-state index contributed by atoms with van der Waals surface area (Å²) in [6.07, 6.45) is 2.33. The van der Waals surface area contributed by atoms with Crippen molar-refractivity contribution in [3.63, 3.8) is 0 Å². The minimum atomic E-state index is -0.541. The molecule has 2 heteroatoms. The maximum atomic E-state index is 3.56. The zero-order valence-electron chi connectivity index (χ0n) is 18.8. The third-order valence-electron chi connectivity index (χ3n) is 6.22. The van der Waals surface area contributed by atoms with Gasteiger partial charge in [0.25, 0.3) is 0 Å². The lowest BCUT2D eigenvalue weighted by atomic mass is 9.85. The summed E-state index contributed by atoms with van der Waals surface area (Å²) in [5.74, 6) is 1.11. The van der Waals surface area contributed by atoms with Crippen molar-refractivity contribution in [1.29, 1.82) is 0 Å². The van der Waals surface area contributed by atoms with E-state index in [2.05, 4.69) is 139 Å². The Labute approximate surface area is 202 Å². The molecule has 0 saturated carbocycles. The van der Waals surface area contributed by atoms with Crippen molar-refractivity contribution >= 4 is 39.8 Å². The second-order valence-electron chi connectivity index (χ2n) is 8.39. The van der Waals surface area contributed by atoms with Gasteiger partial charge < -0.3 is 0 Å². The molecule has 0 aliphatic heterocycles. The second-order valence-corrected chi connectivity index (χ2v) is 11.5. The molecule has 0 fully saturated rings. The molecule has 0 radical (unpaired) electrons. The van der Waals surface area contributed by atoms with Crippen molar-refractivity contribution in [2.45, 2.75) is 38.5 Å². The minimum Gasteiger partial charge on any atom is -0.0648 e. The number of rotatable bonds is 8. The van der Waals surface area contributed by atoms with Gasteiger partial charge in [0.15, 0.2) is 0 Å². The summed E-state index contributed by atoms with van der Waals surface area (Å²) in [5, 5.41) is 4.21. The van der Waals surface area contributed by atoms with E-state index in [0.717, 1.165) is 10.9 Å². The molecule has 162 valence electrons. The molecule has 0 spiro atoms. The van der Waals surface area contributed by atoms with E-state index < -0.39 is 7.92 Å². The van der Waals surface area contributed by atoms with Crippen LogP contribution < -0.4 is 15.9 Å². The lowest BCUT2D eigenvalue weighted by Crippen LogP contribution is -2.20. The number of halogens is 1. The van der Waals surface area contributed by atoms with E-state index in [1.165, 1.54) is 33.5 Å². The van der Waals surface area contributed by atoms with Gasteiger partial charge in [0.2, 0.25) is 0 Å². The van der Waals surface area contributed by atoms with Gasteiger partial charge in [-0.05, 0) is 71.8 Å². The van der Waals surface area contributed by atoms with Gasteiger partial charge in [-0.15, -0.1) is 0 Å². The smallest absolute Gasteiger partial charge is 0.0175 e. The lowest BCUT2D eigenvalue weighted by Gasteiger charge is -2.22. The van der Waals surface area contributed by atoms with Crippen LogP contribution in [0.15, 0.2) is 114 Å². The third-order valence-corrected chi connectivity index (χ3v) is 9.19. The van der Waals surface area contributed by atoms with Crippen LogP contribution in [0.3, 0.4) is 0 Å². The van der Waals surface area contributed by atoms with Gasteiger partial charge in [-0.2, -0.15) is 0 Å². The van der Waals surface area contributed by atoms with Crippen LogP contribution in [0.5, 0.6) is 0 Å². The third kappa shape index (κ3) is 5.58. The molecule has 0 bridgehead atoms. The Morgan fingerprint density at radius 3 is 1.59 bits per heavy atom. The topological polar surface area (TPSA) is 0 Å². The summed E-state index contributed by atoms with van der Waals surface area (Å²) in [5.41, 5.74) is 2.87. The number of hydrogen-bond donors (Lipinski definition) is 0. The predicted molar refractivity (Wildman–Crippen MR) is 145 cm³/mol. The largest absolute Gasteiger partial charge is 0.0648 e. The fourth-order valence-electron chi connectivity index (χ4n) is 4.39. The standard InChI is InChI=1S/C30H30BrP/c1-3-24(26-14-18-27(31)19-15-26)22-23(2)25-16-20-30(21-17-25)32(28-10-6-4-7-11-28)29-12-8-5-9-13-29/h4-21,23-24H,3,22H2,1-2H3. The Balaban J connectivity index is 1.56. The van der Waals surface area contributed by atoms with E-state index >= 15 is 0 Å². The highest BCUT2D eigenvalue weighted by molar-refractivity contribution is 9.10. The first kappa shape index (κ1) is 23.0. The van der Waals surface area contributed by atoms with Crippen molar-refractivity contribution in [1.82, 2.24) is 0 Å². The summed E-state index contributed by atoms with van der Waals surface area (Å²) >= 11 is 3.56. The summed E-state index contributed by atoms with van der Waals surface area (Å²) in [6, 6.07) is 40.1. The van der Waals surface area contributed by atoms with Crippen LogP contribution >= 0.6 is 23.9 Å². The molecule has 0 amide bonds. The quantitative estimate of drug-likeness (QED) is 0.215. The molecule has 0 saturated heterocycles. The van der Waals surface area contributed by atoms with Crippen molar-refractivity contribution in [2.24, 2.45) is 0 Å². The molecule has 0 aliphatic carbocycles. The van der Waals surface area contributed by atoms with Gasteiger partial charge in [0.1, 0.15) is 0 Å². The van der Waals surface area contributed by atoms with Crippen LogP contribution in [0, 0.1) is 0 Å². The van der Waals surface area contributed by atoms with Gasteiger partial charge in [-0.3, -0.25) is 0 Å². The number of benzene rings is 4. The van der Waals surface area contributed by atoms with Crippen LogP contribution in [0.4, 0.5) is 0 Å². The normalized spacial score (nSPS) is 13.1. The Kier molecular flexibility index (Phi) is 7.95. The highest BCUT2D eigenvalue weighted by atomic mass is 79.9. The molecule has 0 aromatic heterocycles. The summed E-state index contributed by atoms with van der Waals surface area (Å²) in [7, 11) is -0.541. The molecule has 0 aliphatic rings. The monoisotopic (exact) mass is 500 g/mol. The molecule has 4 aromatic carbocycles. The minimum absolute atomic E-state index is 0.525. The molecule has 32 heavy (non-hydrogen) atoms. The van der Waals surface area contributed by atoms with Crippen LogP contribution in [0.25, 0.3) is 0 Å². The van der Waals surface area contributed by atoms with Gasteiger partial charge in [-0.25, -0.2) is 0 Å². The van der Waals surface area contributed by atoms with Crippen LogP contribution in [-0.2, 0) is 0 Å². The Bertz CT molecular complexity index is 1050. The molecule has 0 heterocycles. The number of hydrogen-bond acceptors (Lipinski definition) is 0. The first-order valence-corrected chi connectivity index (χ1v) is 13.5. The highest BCUT2D eigenvalue weighted by Crippen LogP contribution is 2.35. The van der Waals surface area contributed by atoms with Crippen molar-refractivity contribution in [3.05, 3.63) is 125 Å². The van der Waals surface area contributed by atoms with Crippen LogP contribution in [-0.4, -0.2) is 0 Å². The Hall–Kier alpha value is -2.21. The van der Waals surface area contributed by atoms with E-state index in [1.807, 2.05) is 0 Å². The molecule has 0 nitrogen and oxygen atoms in total. The van der Waals surface area contributed by atoms with Gasteiger partial charge in [0.05, 0.1) is 0 Å². The van der Waals surface area contributed by atoms with Crippen molar-refractivity contribution in [2.75, 3.05) is 0 Å². The first-order chi connectivity index (χ1) is 15.7. The predicted octanol–water partition coefficient (Wildman–Crippen LogP) is 7.89. The van der Waals surface area contributed by atoms with Crippen LogP contribution in [0.1, 0.15) is 49.7 Å². The maximum absolute atomic E-state index is 3.56. The molecule has 2 unspecified atom stereocenters. The Morgan fingerprint density at radius 1 is 0.625 bits per heavy atom. The zero-order valence-corrected chi connectivity index (χ0v) is 21.3. The summed E-state index contributed by atoms with van der Waals surface area (Å²) < 4.78 is 1.15. The average molecular weight is 501 g/mol. The molecule has 2 atom stereocenters. The van der Waals surface area contributed by atoms with Crippen molar-refractivity contribution < 1.29 is 0 Å². The van der Waals surface area contributed by atoms with Gasteiger partial charge in [0, 0.05) is 4.47 Å². The maximum Gasteiger partial charge on any atom is 0.0175 e. The molecule has 0 N–H and O–H groups in total. The molecule has 4 aromatic rings. The summed E-state index contributed by atoms with van der Waals surface area (Å²) in [6.45, 7) is 4.67. The van der Waals surface area contributed by atoms with E-state index in [0.29, 0.717) is 11.8 Å². The van der Waals surface area contributed by atoms with E-state index in [4.69, 9.17) is 0 Å². The molecule has 4 rings (SSSR count). The van der Waals surface area contributed by atoms with Crippen molar-refractivity contribution in [3.8, 4) is 0 Å². The zero-order chi connectivity index (χ0) is 22.3. The Morgan fingerprint density at radius 2 is 1.09 bits per heavy atom. The first-order valence-electron chi connectivity index (χ1n) is 11.4. The fourth-order valence-corrected chi connectivity index (χ4v) is 6.94. The molecular weight excluding hydrogens is 471 g/mol. The van der Waals surface area contributed by atoms with E-state index in [9.17, 15) is 0 Å². The van der Waals surface area contributed by atoms with Crippen LogP contribution in [0.2, 0.25) is 0 Å². The summed E-state index contributed by atoms with van der Waals surface area (Å²) in [4.78, 5) is 0. The highest BCUT2D eigenvalue weighted by Gasteiger charge is 2.18. The second kappa shape index (κ2) is 11.1.